The Hall–Kier alpha value is -1.75. The van der Waals surface area contributed by atoms with E-state index in [9.17, 15) is 13.6 Å². The van der Waals surface area contributed by atoms with Gasteiger partial charge in [-0.2, -0.15) is 0 Å². The zero-order chi connectivity index (χ0) is 12.6. The smallest absolute Gasteiger partial charge is 0.267 e. The Balaban J connectivity index is 2.87. The molecule has 2 aromatic rings. The van der Waals surface area contributed by atoms with Crippen molar-refractivity contribution >= 4 is 11.6 Å². The number of hydrogen-bond acceptors (Lipinski definition) is 2. The van der Waals surface area contributed by atoms with Crippen LogP contribution in [0.3, 0.4) is 0 Å². The normalized spacial score (nSPS) is 10.6. The molecule has 2 rings (SSSR count). The summed E-state index contributed by atoms with van der Waals surface area (Å²) in [5.41, 5.74) is -1.17. The van der Waals surface area contributed by atoms with Gasteiger partial charge in [-0.25, -0.2) is 13.8 Å². The van der Waals surface area contributed by atoms with Gasteiger partial charge < -0.3 is 0 Å². The molecule has 0 N–H and O–H groups in total. The third-order valence-electron chi connectivity index (χ3n) is 2.26. The summed E-state index contributed by atoms with van der Waals surface area (Å²) in [6.07, 6.45) is 1.15. The highest BCUT2D eigenvalue weighted by atomic mass is 35.5. The van der Waals surface area contributed by atoms with Crippen LogP contribution in [-0.2, 0) is 0 Å². The monoisotopic (exact) mass is 256 g/mol. The highest BCUT2D eigenvalue weighted by molar-refractivity contribution is 6.30. The van der Waals surface area contributed by atoms with Gasteiger partial charge in [-0.1, -0.05) is 17.7 Å². The molecule has 0 aliphatic rings. The highest BCUT2D eigenvalue weighted by Gasteiger charge is 2.16. The maximum atomic E-state index is 13.6. The maximum absolute atomic E-state index is 13.6. The lowest BCUT2D eigenvalue weighted by Crippen LogP contribution is -2.24. The first-order valence-electron chi connectivity index (χ1n) is 4.71. The first-order valence-corrected chi connectivity index (χ1v) is 5.08. The van der Waals surface area contributed by atoms with Crippen LogP contribution in [-0.4, -0.2) is 9.55 Å². The third kappa shape index (κ3) is 1.93. The van der Waals surface area contributed by atoms with Gasteiger partial charge in [0.25, 0.3) is 5.56 Å². The zero-order valence-corrected chi connectivity index (χ0v) is 9.50. The van der Waals surface area contributed by atoms with E-state index in [2.05, 4.69) is 4.98 Å². The molecule has 0 amide bonds. The number of aromatic nitrogens is 2. The fourth-order valence-corrected chi connectivity index (χ4v) is 1.62. The molecule has 0 saturated heterocycles. The molecule has 3 nitrogen and oxygen atoms in total. The van der Waals surface area contributed by atoms with Crippen molar-refractivity contribution in [2.24, 2.45) is 0 Å². The molecule has 1 heterocycles. The fraction of sp³-hybridized carbons (Fsp3) is 0.0909. The number of benzene rings is 1. The zero-order valence-electron chi connectivity index (χ0n) is 8.75. The topological polar surface area (TPSA) is 34.9 Å². The second-order valence-corrected chi connectivity index (χ2v) is 3.77. The van der Waals surface area contributed by atoms with Crippen LogP contribution in [0.2, 0.25) is 5.02 Å². The minimum absolute atomic E-state index is 0.156. The number of rotatable bonds is 1. The molecule has 0 atom stereocenters. The molecule has 0 spiro atoms. The van der Waals surface area contributed by atoms with Crippen LogP contribution in [0.1, 0.15) is 5.82 Å². The van der Waals surface area contributed by atoms with E-state index in [1.165, 1.54) is 13.0 Å². The van der Waals surface area contributed by atoms with E-state index in [-0.39, 0.29) is 10.8 Å². The second-order valence-electron chi connectivity index (χ2n) is 3.36. The summed E-state index contributed by atoms with van der Waals surface area (Å²) in [5, 5.41) is -0.196. The molecule has 6 heteroatoms. The molecule has 0 fully saturated rings. The van der Waals surface area contributed by atoms with Gasteiger partial charge in [0.2, 0.25) is 0 Å². The Labute approximate surface area is 100 Å². The van der Waals surface area contributed by atoms with E-state index in [4.69, 9.17) is 11.6 Å². The van der Waals surface area contributed by atoms with Gasteiger partial charge in [-0.05, 0) is 19.1 Å². The Bertz CT molecular complexity index is 620. The number of halogens is 3. The molecule has 0 bridgehead atoms. The van der Waals surface area contributed by atoms with Gasteiger partial charge in [0.05, 0.1) is 6.20 Å². The number of para-hydroxylation sites is 1. The van der Waals surface area contributed by atoms with Gasteiger partial charge in [-0.3, -0.25) is 9.36 Å². The highest BCUT2D eigenvalue weighted by Crippen LogP contribution is 2.17. The fourth-order valence-electron chi connectivity index (χ4n) is 1.48. The largest absolute Gasteiger partial charge is 0.277 e. The van der Waals surface area contributed by atoms with Gasteiger partial charge in [0.15, 0.2) is 0 Å². The van der Waals surface area contributed by atoms with E-state index in [1.54, 1.807) is 0 Å². The van der Waals surface area contributed by atoms with Crippen molar-refractivity contribution in [3.63, 3.8) is 0 Å². The summed E-state index contributed by atoms with van der Waals surface area (Å²) in [6.45, 7) is 1.46. The van der Waals surface area contributed by atoms with Crippen LogP contribution < -0.4 is 5.56 Å². The van der Waals surface area contributed by atoms with Crippen molar-refractivity contribution in [2.75, 3.05) is 0 Å². The molecule has 17 heavy (non-hydrogen) atoms. The van der Waals surface area contributed by atoms with Crippen molar-refractivity contribution in [2.45, 2.75) is 6.92 Å². The van der Waals surface area contributed by atoms with E-state index >= 15 is 0 Å². The molecule has 0 unspecified atom stereocenters. The predicted octanol–water partition coefficient (Wildman–Crippen LogP) is 2.47. The Morgan fingerprint density at radius 2 is 1.88 bits per heavy atom. The van der Waals surface area contributed by atoms with Gasteiger partial charge in [0.1, 0.15) is 28.2 Å². The van der Waals surface area contributed by atoms with Crippen LogP contribution in [0.15, 0.2) is 29.2 Å². The van der Waals surface area contributed by atoms with E-state index < -0.39 is 22.9 Å². The van der Waals surface area contributed by atoms with Crippen molar-refractivity contribution in [3.8, 4) is 5.69 Å². The summed E-state index contributed by atoms with van der Waals surface area (Å²) < 4.78 is 27.9. The molecular formula is C11H7ClF2N2O. The number of nitrogens with zero attached hydrogens (tertiary/aromatic N) is 2. The molecular weight excluding hydrogens is 250 g/mol. The summed E-state index contributed by atoms with van der Waals surface area (Å²) in [7, 11) is 0. The van der Waals surface area contributed by atoms with E-state index in [0.717, 1.165) is 22.9 Å². The van der Waals surface area contributed by atoms with Crippen LogP contribution >= 0.6 is 11.6 Å². The van der Waals surface area contributed by atoms with Crippen LogP contribution in [0.4, 0.5) is 8.78 Å². The van der Waals surface area contributed by atoms with Crippen molar-refractivity contribution in [1.82, 2.24) is 9.55 Å². The Morgan fingerprint density at radius 3 is 2.47 bits per heavy atom. The maximum Gasteiger partial charge on any atom is 0.277 e. The molecule has 0 radical (unpaired) electrons. The molecule has 0 saturated carbocycles. The standard InChI is InChI=1S/C11H7ClF2N2O/c1-6-15-5-7(12)11(17)16(6)10-8(13)3-2-4-9(10)14/h2-5H,1H3. The molecule has 1 aromatic carbocycles. The summed E-state index contributed by atoms with van der Waals surface area (Å²) in [4.78, 5) is 15.5. The quantitative estimate of drug-likeness (QED) is 0.786. The minimum atomic E-state index is -0.848. The van der Waals surface area contributed by atoms with Crippen LogP contribution in [0.25, 0.3) is 5.69 Å². The Kier molecular flexibility index (Phi) is 2.93. The predicted molar refractivity (Wildman–Crippen MR) is 59.5 cm³/mol. The number of aryl methyl sites for hydroxylation is 1. The van der Waals surface area contributed by atoms with Crippen molar-refractivity contribution in [1.29, 1.82) is 0 Å². The molecule has 0 aliphatic heterocycles. The summed E-state index contributed by atoms with van der Waals surface area (Å²) in [5.74, 6) is -1.54. The molecule has 0 aliphatic carbocycles. The number of hydrogen-bond donors (Lipinski definition) is 0. The minimum Gasteiger partial charge on any atom is -0.267 e. The van der Waals surface area contributed by atoms with Gasteiger partial charge in [-0.15, -0.1) is 0 Å². The van der Waals surface area contributed by atoms with Gasteiger partial charge >= 0.3 is 0 Å². The lowest BCUT2D eigenvalue weighted by molar-refractivity contribution is 0.562. The second kappa shape index (κ2) is 4.25. The first-order chi connectivity index (χ1) is 8.02. The van der Waals surface area contributed by atoms with E-state index in [0.29, 0.717) is 0 Å². The Morgan fingerprint density at radius 1 is 1.29 bits per heavy atom. The molecule has 1 aromatic heterocycles. The van der Waals surface area contributed by atoms with Gasteiger partial charge in [0, 0.05) is 0 Å². The molecule has 88 valence electrons. The van der Waals surface area contributed by atoms with E-state index in [1.807, 2.05) is 0 Å². The summed E-state index contributed by atoms with van der Waals surface area (Å²) in [6, 6.07) is 3.34. The lowest BCUT2D eigenvalue weighted by atomic mass is 10.2. The van der Waals surface area contributed by atoms with Crippen molar-refractivity contribution in [3.05, 3.63) is 57.2 Å². The average Bonchev–Trinajstić information content (AvgIpc) is 2.28. The average molecular weight is 257 g/mol. The lowest BCUT2D eigenvalue weighted by Gasteiger charge is -2.10. The van der Waals surface area contributed by atoms with Crippen LogP contribution in [0.5, 0.6) is 0 Å². The summed E-state index contributed by atoms with van der Waals surface area (Å²) >= 11 is 5.60. The SMILES string of the molecule is Cc1ncc(Cl)c(=O)n1-c1c(F)cccc1F. The van der Waals surface area contributed by atoms with Crippen LogP contribution in [0, 0.1) is 18.6 Å². The van der Waals surface area contributed by atoms with Crippen molar-refractivity contribution < 1.29 is 8.78 Å². The third-order valence-corrected chi connectivity index (χ3v) is 2.52. The first kappa shape index (κ1) is 11.7.